The molecule has 5 rings (SSSR count). The first-order valence-electron chi connectivity index (χ1n) is 13.7. The van der Waals surface area contributed by atoms with Gasteiger partial charge in [0, 0.05) is 76.0 Å². The smallest absolute Gasteiger partial charge is 0.390 e. The summed E-state index contributed by atoms with van der Waals surface area (Å²) in [4.78, 5) is 18.0. The molecule has 3 aromatic rings. The van der Waals surface area contributed by atoms with Crippen LogP contribution in [0.4, 0.5) is 18.9 Å². The van der Waals surface area contributed by atoms with Gasteiger partial charge in [0.1, 0.15) is 6.07 Å². The van der Waals surface area contributed by atoms with Crippen LogP contribution in [0, 0.1) is 22.7 Å². The summed E-state index contributed by atoms with van der Waals surface area (Å²) in [6.45, 7) is 5.55. The van der Waals surface area contributed by atoms with Crippen molar-refractivity contribution >= 4 is 11.6 Å². The van der Waals surface area contributed by atoms with Gasteiger partial charge in [-0.05, 0) is 30.3 Å². The zero-order valence-electron chi connectivity index (χ0n) is 23.1. The number of carbonyl (C=O) groups is 1. The predicted octanol–water partition coefficient (Wildman–Crippen LogP) is 3.40. The van der Waals surface area contributed by atoms with E-state index in [2.05, 4.69) is 21.9 Å². The molecule has 1 amide bonds. The number of benzene rings is 2. The van der Waals surface area contributed by atoms with Crippen LogP contribution < -0.4 is 4.90 Å². The van der Waals surface area contributed by atoms with Crippen molar-refractivity contribution in [1.82, 2.24) is 19.6 Å². The summed E-state index contributed by atoms with van der Waals surface area (Å²) in [5.41, 5.74) is 3.63. The fourth-order valence-electron chi connectivity index (χ4n) is 5.66. The molecule has 2 aliphatic heterocycles. The Morgan fingerprint density at radius 1 is 1.02 bits per heavy atom. The first-order valence-corrected chi connectivity index (χ1v) is 13.7. The van der Waals surface area contributed by atoms with Gasteiger partial charge in [0.05, 0.1) is 46.8 Å². The predicted molar refractivity (Wildman–Crippen MR) is 148 cm³/mol. The van der Waals surface area contributed by atoms with Crippen molar-refractivity contribution in [2.75, 3.05) is 44.2 Å². The quantitative estimate of drug-likeness (QED) is 0.478. The second-order valence-electron chi connectivity index (χ2n) is 10.6. The Morgan fingerprint density at radius 2 is 1.74 bits per heavy atom. The number of hydrogen-bond acceptors (Lipinski definition) is 7. The van der Waals surface area contributed by atoms with Gasteiger partial charge in [-0.25, -0.2) is 0 Å². The highest BCUT2D eigenvalue weighted by molar-refractivity contribution is 5.74. The molecule has 0 bridgehead atoms. The number of aliphatic hydroxyl groups is 1. The van der Waals surface area contributed by atoms with Crippen LogP contribution in [0.3, 0.4) is 0 Å². The van der Waals surface area contributed by atoms with Crippen LogP contribution >= 0.6 is 0 Å². The number of β-amino-alcohol motifs (C(OH)–C–C–N with tert-alkyl or cyclic N) is 1. The lowest BCUT2D eigenvalue weighted by Gasteiger charge is -2.37. The van der Waals surface area contributed by atoms with E-state index in [0.29, 0.717) is 74.6 Å². The average molecular weight is 578 g/mol. The van der Waals surface area contributed by atoms with Gasteiger partial charge in [-0.15, -0.1) is 0 Å². The molecule has 1 N–H and O–H groups in total. The highest BCUT2D eigenvalue weighted by Gasteiger charge is 2.32. The number of nitriles is 2. The fraction of sp³-hybridized carbons (Fsp3) is 0.400. The Balaban J connectivity index is 1.28. The van der Waals surface area contributed by atoms with Gasteiger partial charge in [-0.3, -0.25) is 14.4 Å². The summed E-state index contributed by atoms with van der Waals surface area (Å²) in [5.74, 6) is -0.0890. The minimum Gasteiger partial charge on any atom is -0.390 e. The number of fused-ring (bicyclic) bond motifs is 1. The normalized spacial score (nSPS) is 16.5. The Bertz CT molecular complexity index is 1540. The number of aliphatic hydroxyl groups excluding tert-OH is 1. The molecule has 1 aromatic heterocycles. The Morgan fingerprint density at radius 3 is 2.36 bits per heavy atom. The minimum atomic E-state index is -4.45. The van der Waals surface area contributed by atoms with Crippen molar-refractivity contribution < 1.29 is 23.1 Å². The number of aromatic nitrogens is 2. The van der Waals surface area contributed by atoms with E-state index in [1.54, 1.807) is 27.8 Å². The van der Waals surface area contributed by atoms with E-state index in [1.165, 1.54) is 19.1 Å². The number of nitrogens with zero attached hydrogens (tertiary/aromatic N) is 7. The SMILES string of the molecule is CC(=O)N1CCc2c(c(-c3ccc(C(F)(F)F)cc3)nn2CC(O)CN2CCN(c3ccc(C#N)cc3C#N)CC2)C1. The molecule has 1 fully saturated rings. The van der Waals surface area contributed by atoms with E-state index in [4.69, 9.17) is 10.4 Å². The van der Waals surface area contributed by atoms with Crippen LogP contribution in [0.25, 0.3) is 11.3 Å². The summed E-state index contributed by atoms with van der Waals surface area (Å²) in [6.07, 6.45) is -4.67. The topological polar surface area (TPSA) is 112 Å². The molecule has 0 saturated carbocycles. The maximum atomic E-state index is 13.1. The Labute approximate surface area is 241 Å². The Kier molecular flexibility index (Phi) is 8.21. The lowest BCUT2D eigenvalue weighted by Crippen LogP contribution is -2.49. The molecule has 0 spiro atoms. The zero-order chi connectivity index (χ0) is 30.0. The number of alkyl halides is 3. The highest BCUT2D eigenvalue weighted by atomic mass is 19.4. The van der Waals surface area contributed by atoms with Crippen LogP contribution in [-0.2, 0) is 30.5 Å². The second-order valence-corrected chi connectivity index (χ2v) is 10.6. The maximum Gasteiger partial charge on any atom is 0.416 e. The molecular weight excluding hydrogens is 547 g/mol. The molecule has 0 radical (unpaired) electrons. The molecule has 9 nitrogen and oxygen atoms in total. The summed E-state index contributed by atoms with van der Waals surface area (Å²) in [7, 11) is 0. The monoisotopic (exact) mass is 577 g/mol. The van der Waals surface area contributed by atoms with Crippen molar-refractivity contribution in [2.45, 2.75) is 38.7 Å². The van der Waals surface area contributed by atoms with Crippen molar-refractivity contribution in [3.8, 4) is 23.4 Å². The van der Waals surface area contributed by atoms with Crippen molar-refractivity contribution in [2.24, 2.45) is 0 Å². The van der Waals surface area contributed by atoms with Crippen LogP contribution in [0.2, 0.25) is 0 Å². The number of piperazine rings is 1. The zero-order valence-corrected chi connectivity index (χ0v) is 23.1. The van der Waals surface area contributed by atoms with Gasteiger partial charge in [0.25, 0.3) is 0 Å². The van der Waals surface area contributed by atoms with Crippen molar-refractivity contribution in [3.63, 3.8) is 0 Å². The minimum absolute atomic E-state index is 0.0890. The van der Waals surface area contributed by atoms with Crippen LogP contribution in [0.1, 0.15) is 34.9 Å². The van der Waals surface area contributed by atoms with E-state index in [9.17, 15) is 28.3 Å². The summed E-state index contributed by atoms with van der Waals surface area (Å²) < 4.78 is 41.1. The van der Waals surface area contributed by atoms with E-state index < -0.39 is 17.8 Å². The van der Waals surface area contributed by atoms with Gasteiger partial charge in [0.2, 0.25) is 5.91 Å². The molecule has 1 unspecified atom stereocenters. The fourth-order valence-corrected chi connectivity index (χ4v) is 5.66. The number of rotatable bonds is 6. The van der Waals surface area contributed by atoms with Crippen molar-refractivity contribution in [3.05, 3.63) is 70.4 Å². The molecule has 2 aliphatic rings. The first-order chi connectivity index (χ1) is 20.1. The van der Waals surface area contributed by atoms with Crippen molar-refractivity contribution in [1.29, 1.82) is 10.5 Å². The lowest BCUT2D eigenvalue weighted by atomic mass is 10.00. The number of halogens is 3. The van der Waals surface area contributed by atoms with Gasteiger partial charge in [-0.2, -0.15) is 28.8 Å². The third-order valence-corrected chi connectivity index (χ3v) is 7.88. The summed E-state index contributed by atoms with van der Waals surface area (Å²) in [5, 5.41) is 34.4. The molecule has 12 heteroatoms. The van der Waals surface area contributed by atoms with E-state index in [-0.39, 0.29) is 12.5 Å². The van der Waals surface area contributed by atoms with Crippen LogP contribution in [0.5, 0.6) is 0 Å². The average Bonchev–Trinajstić information content (AvgIpc) is 3.34. The first kappa shape index (κ1) is 29.1. The molecule has 1 atom stereocenters. The third-order valence-electron chi connectivity index (χ3n) is 7.88. The molecule has 218 valence electrons. The molecule has 3 heterocycles. The molecule has 0 aliphatic carbocycles. The van der Waals surface area contributed by atoms with Gasteiger partial charge in [0.15, 0.2) is 0 Å². The summed E-state index contributed by atoms with van der Waals surface area (Å²) >= 11 is 0. The maximum absolute atomic E-state index is 13.1. The lowest BCUT2D eigenvalue weighted by molar-refractivity contribution is -0.137. The van der Waals surface area contributed by atoms with Gasteiger partial charge >= 0.3 is 6.18 Å². The van der Waals surface area contributed by atoms with Crippen LogP contribution in [-0.4, -0.2) is 76.0 Å². The number of hydrogen-bond donors (Lipinski definition) is 1. The van der Waals surface area contributed by atoms with E-state index in [0.717, 1.165) is 29.1 Å². The second kappa shape index (κ2) is 11.8. The van der Waals surface area contributed by atoms with Crippen LogP contribution in [0.15, 0.2) is 42.5 Å². The number of carbonyl (C=O) groups excluding carboxylic acids is 1. The van der Waals surface area contributed by atoms with Gasteiger partial charge < -0.3 is 14.9 Å². The summed E-state index contributed by atoms with van der Waals surface area (Å²) in [6, 6.07) is 14.1. The standard InChI is InChI=1S/C30H30F3N7O2/c1-20(41)39-9-8-28-26(19-39)29(22-3-5-24(6-4-22)30(31,32)33)36-40(28)18-25(42)17-37-10-12-38(13-11-37)27-7-2-21(15-34)14-23(27)16-35/h2-7,14,25,42H,8-13,17-19H2,1H3. The molecule has 1 saturated heterocycles. The van der Waals surface area contributed by atoms with Gasteiger partial charge in [-0.1, -0.05) is 12.1 Å². The van der Waals surface area contributed by atoms with E-state index in [1.807, 2.05) is 0 Å². The van der Waals surface area contributed by atoms with E-state index >= 15 is 0 Å². The molecule has 2 aromatic carbocycles. The highest BCUT2D eigenvalue weighted by Crippen LogP contribution is 2.34. The third kappa shape index (κ3) is 6.10. The Hall–Kier alpha value is -4.39. The largest absolute Gasteiger partial charge is 0.416 e. The molecular formula is C30H30F3N7O2. The number of amides is 1. The molecule has 42 heavy (non-hydrogen) atoms. The number of anilines is 1.